The predicted molar refractivity (Wildman–Crippen MR) is 52.8 cm³/mol. The summed E-state index contributed by atoms with van der Waals surface area (Å²) in [5.74, 6) is 0.869. The first-order valence-electron chi connectivity index (χ1n) is 4.98. The normalized spacial score (nSPS) is 13.8. The average molecular weight is 212 g/mol. The van der Waals surface area contributed by atoms with Crippen LogP contribution in [0.4, 0.5) is 0 Å². The van der Waals surface area contributed by atoms with Crippen molar-refractivity contribution in [3.05, 3.63) is 0 Å². The summed E-state index contributed by atoms with van der Waals surface area (Å²) >= 11 is 0. The minimum atomic E-state index is 0. The van der Waals surface area contributed by atoms with Gasteiger partial charge < -0.3 is 0 Å². The van der Waals surface area contributed by atoms with E-state index in [1.54, 1.807) is 0 Å². The van der Waals surface area contributed by atoms with Crippen molar-refractivity contribution in [3.63, 3.8) is 0 Å². The van der Waals surface area contributed by atoms with E-state index in [4.69, 9.17) is 0 Å². The Morgan fingerprint density at radius 3 is 1.92 bits per heavy atom. The van der Waals surface area contributed by atoms with Crippen LogP contribution in [0.25, 0.3) is 0 Å². The molecule has 1 atom stereocenters. The van der Waals surface area contributed by atoms with Gasteiger partial charge in [-0.15, -0.1) is 0 Å². The summed E-state index contributed by atoms with van der Waals surface area (Å²) in [5.41, 5.74) is 0.508. The predicted octanol–water partition coefficient (Wildman–Crippen LogP) is 4.25. The summed E-state index contributed by atoms with van der Waals surface area (Å²) in [6.45, 7) is 11.6. The molecule has 0 aromatic heterocycles. The molecule has 0 rings (SSSR count). The second kappa shape index (κ2) is 6.97. The fourth-order valence-corrected chi connectivity index (χ4v) is 1.13. The van der Waals surface area contributed by atoms with E-state index in [1.807, 2.05) is 0 Å². The molecular formula is C11H24Fe+3. The van der Waals surface area contributed by atoms with Gasteiger partial charge in [-0.05, 0) is 11.3 Å². The first-order valence-corrected chi connectivity index (χ1v) is 4.98. The molecule has 0 saturated carbocycles. The SMILES string of the molecule is CCCCCC(C)C(C)(C)C.[Fe+3]. The van der Waals surface area contributed by atoms with Crippen LogP contribution in [0.1, 0.15) is 60.3 Å². The summed E-state index contributed by atoms with van der Waals surface area (Å²) < 4.78 is 0. The van der Waals surface area contributed by atoms with Gasteiger partial charge in [0.2, 0.25) is 0 Å². The number of hydrogen-bond acceptors (Lipinski definition) is 0. The van der Waals surface area contributed by atoms with Crippen molar-refractivity contribution in [2.75, 3.05) is 0 Å². The molecule has 0 heterocycles. The van der Waals surface area contributed by atoms with Gasteiger partial charge in [-0.1, -0.05) is 60.3 Å². The molecule has 0 aliphatic rings. The van der Waals surface area contributed by atoms with Crippen LogP contribution in [0, 0.1) is 11.3 Å². The van der Waals surface area contributed by atoms with Gasteiger partial charge in [-0.25, -0.2) is 0 Å². The molecule has 1 unspecified atom stereocenters. The Morgan fingerprint density at radius 1 is 1.08 bits per heavy atom. The molecule has 0 amide bonds. The van der Waals surface area contributed by atoms with Crippen LogP contribution in [-0.2, 0) is 17.1 Å². The maximum Gasteiger partial charge on any atom is 3.00 e. The molecule has 12 heavy (non-hydrogen) atoms. The standard InChI is InChI=1S/C11H24.Fe/c1-6-7-8-9-10(2)11(3,4)5;/h10H,6-9H2,1-5H3;/q;+3. The first-order chi connectivity index (χ1) is 4.98. The van der Waals surface area contributed by atoms with E-state index < -0.39 is 0 Å². The Bertz CT molecular complexity index is 91.7. The zero-order valence-electron chi connectivity index (χ0n) is 9.26. The van der Waals surface area contributed by atoms with Crippen LogP contribution in [0.2, 0.25) is 0 Å². The Hall–Kier alpha value is 0.519. The largest absolute Gasteiger partial charge is 3.00 e. The minimum Gasteiger partial charge on any atom is -0.0654 e. The zero-order chi connectivity index (χ0) is 8.91. The van der Waals surface area contributed by atoms with E-state index in [9.17, 15) is 0 Å². The second-order valence-corrected chi connectivity index (χ2v) is 4.76. The van der Waals surface area contributed by atoms with Crippen molar-refractivity contribution >= 4 is 0 Å². The summed E-state index contributed by atoms with van der Waals surface area (Å²) in [6.07, 6.45) is 5.56. The smallest absolute Gasteiger partial charge is 0.0654 e. The van der Waals surface area contributed by atoms with E-state index in [1.165, 1.54) is 25.7 Å². The van der Waals surface area contributed by atoms with Gasteiger partial charge in [-0.2, -0.15) is 0 Å². The third kappa shape index (κ3) is 7.18. The summed E-state index contributed by atoms with van der Waals surface area (Å²) in [4.78, 5) is 0. The van der Waals surface area contributed by atoms with Gasteiger partial charge in [0.1, 0.15) is 0 Å². The summed E-state index contributed by atoms with van der Waals surface area (Å²) in [7, 11) is 0. The Labute approximate surface area is 89.0 Å². The van der Waals surface area contributed by atoms with E-state index in [2.05, 4.69) is 34.6 Å². The maximum atomic E-state index is 2.37. The molecule has 0 aromatic rings. The maximum absolute atomic E-state index is 2.37. The third-order valence-electron chi connectivity index (χ3n) is 2.72. The van der Waals surface area contributed by atoms with E-state index in [0.29, 0.717) is 5.41 Å². The molecule has 0 fully saturated rings. The molecule has 0 spiro atoms. The van der Waals surface area contributed by atoms with E-state index in [0.717, 1.165) is 5.92 Å². The monoisotopic (exact) mass is 212 g/mol. The number of hydrogen-bond donors (Lipinski definition) is 0. The molecule has 0 aliphatic carbocycles. The molecule has 0 aliphatic heterocycles. The molecule has 0 saturated heterocycles. The molecule has 0 bridgehead atoms. The van der Waals surface area contributed by atoms with E-state index >= 15 is 0 Å². The average Bonchev–Trinajstić information content (AvgIpc) is 1.86. The first kappa shape index (κ1) is 15.0. The quantitative estimate of drug-likeness (QED) is 0.482. The molecule has 0 N–H and O–H groups in total. The molecular weight excluding hydrogens is 188 g/mol. The van der Waals surface area contributed by atoms with Crippen molar-refractivity contribution in [2.45, 2.75) is 60.3 Å². The van der Waals surface area contributed by atoms with Crippen molar-refractivity contribution in [2.24, 2.45) is 11.3 Å². The van der Waals surface area contributed by atoms with Gasteiger partial charge in [0.05, 0.1) is 0 Å². The van der Waals surface area contributed by atoms with Crippen molar-refractivity contribution in [3.8, 4) is 0 Å². The van der Waals surface area contributed by atoms with Crippen molar-refractivity contribution < 1.29 is 17.1 Å². The second-order valence-electron chi connectivity index (χ2n) is 4.76. The van der Waals surface area contributed by atoms with Crippen LogP contribution >= 0.6 is 0 Å². The fraction of sp³-hybridized carbons (Fsp3) is 1.00. The van der Waals surface area contributed by atoms with Gasteiger partial charge in [0.25, 0.3) is 0 Å². The van der Waals surface area contributed by atoms with Crippen LogP contribution < -0.4 is 0 Å². The fourth-order valence-electron chi connectivity index (χ4n) is 1.13. The Morgan fingerprint density at radius 2 is 1.58 bits per heavy atom. The van der Waals surface area contributed by atoms with Crippen LogP contribution in [-0.4, -0.2) is 0 Å². The topological polar surface area (TPSA) is 0 Å². The van der Waals surface area contributed by atoms with E-state index in [-0.39, 0.29) is 17.1 Å². The molecule has 1 heteroatoms. The van der Waals surface area contributed by atoms with Gasteiger partial charge >= 0.3 is 17.1 Å². The van der Waals surface area contributed by atoms with Crippen LogP contribution in [0.5, 0.6) is 0 Å². The van der Waals surface area contributed by atoms with Crippen molar-refractivity contribution in [1.82, 2.24) is 0 Å². The Kier molecular flexibility index (Phi) is 8.73. The zero-order valence-corrected chi connectivity index (χ0v) is 10.4. The number of rotatable bonds is 4. The minimum absolute atomic E-state index is 0. The summed E-state index contributed by atoms with van der Waals surface area (Å²) in [6, 6.07) is 0. The van der Waals surface area contributed by atoms with Crippen molar-refractivity contribution in [1.29, 1.82) is 0 Å². The third-order valence-corrected chi connectivity index (χ3v) is 2.72. The molecule has 1 radical (unpaired) electrons. The van der Waals surface area contributed by atoms with Gasteiger partial charge in [0.15, 0.2) is 0 Å². The van der Waals surface area contributed by atoms with Gasteiger partial charge in [-0.3, -0.25) is 0 Å². The molecule has 0 nitrogen and oxygen atoms in total. The summed E-state index contributed by atoms with van der Waals surface area (Å²) in [5, 5.41) is 0. The van der Waals surface area contributed by atoms with Gasteiger partial charge in [0, 0.05) is 0 Å². The number of unbranched alkanes of at least 4 members (excludes halogenated alkanes) is 2. The molecule has 0 aromatic carbocycles. The van der Waals surface area contributed by atoms with Crippen LogP contribution in [0.15, 0.2) is 0 Å². The Balaban J connectivity index is 0. The van der Waals surface area contributed by atoms with Crippen LogP contribution in [0.3, 0.4) is 0 Å². The molecule has 73 valence electrons.